The van der Waals surface area contributed by atoms with Gasteiger partial charge in [0.2, 0.25) is 0 Å². The third-order valence-electron chi connectivity index (χ3n) is 2.70. The maximum Gasteiger partial charge on any atom is 0.173 e. The SMILES string of the molecule is CCN(CCO)C(=S)Nc1c(C)cc(C)cc1Cl. The lowest BCUT2D eigenvalue weighted by molar-refractivity contribution is 0.254. The summed E-state index contributed by atoms with van der Waals surface area (Å²) in [5.41, 5.74) is 3.02. The number of aliphatic hydroxyl groups excluding tert-OH is 1. The molecule has 0 aliphatic carbocycles. The zero-order chi connectivity index (χ0) is 13.7. The van der Waals surface area contributed by atoms with Gasteiger partial charge in [-0.3, -0.25) is 0 Å². The van der Waals surface area contributed by atoms with E-state index in [2.05, 4.69) is 11.4 Å². The highest BCUT2D eigenvalue weighted by atomic mass is 35.5. The van der Waals surface area contributed by atoms with Crippen molar-refractivity contribution in [1.82, 2.24) is 4.90 Å². The molecular weight excluding hydrogens is 268 g/mol. The van der Waals surface area contributed by atoms with E-state index in [1.54, 1.807) is 0 Å². The van der Waals surface area contributed by atoms with E-state index in [0.29, 0.717) is 16.7 Å². The summed E-state index contributed by atoms with van der Waals surface area (Å²) in [4.78, 5) is 1.89. The van der Waals surface area contributed by atoms with Gasteiger partial charge in [-0.1, -0.05) is 17.7 Å². The molecule has 0 spiro atoms. The van der Waals surface area contributed by atoms with Crippen LogP contribution in [-0.2, 0) is 0 Å². The highest BCUT2D eigenvalue weighted by molar-refractivity contribution is 7.80. The summed E-state index contributed by atoms with van der Waals surface area (Å²) in [6.07, 6.45) is 0. The van der Waals surface area contributed by atoms with Crippen LogP contribution in [-0.4, -0.2) is 34.8 Å². The molecule has 3 nitrogen and oxygen atoms in total. The van der Waals surface area contributed by atoms with E-state index in [4.69, 9.17) is 28.9 Å². The molecule has 0 saturated heterocycles. The quantitative estimate of drug-likeness (QED) is 0.834. The third-order valence-corrected chi connectivity index (χ3v) is 3.36. The standard InChI is InChI=1S/C13H19ClN2OS/c1-4-16(5-6-17)13(18)15-12-10(3)7-9(2)8-11(12)14/h7-8,17H,4-6H2,1-3H3,(H,15,18). The van der Waals surface area contributed by atoms with Gasteiger partial charge in [0.15, 0.2) is 5.11 Å². The summed E-state index contributed by atoms with van der Waals surface area (Å²) in [6.45, 7) is 7.33. The fraction of sp³-hybridized carbons (Fsp3) is 0.462. The molecule has 0 aliphatic rings. The van der Waals surface area contributed by atoms with Crippen LogP contribution < -0.4 is 5.32 Å². The van der Waals surface area contributed by atoms with Crippen molar-refractivity contribution in [2.75, 3.05) is 25.0 Å². The first-order valence-electron chi connectivity index (χ1n) is 5.93. The van der Waals surface area contributed by atoms with Crippen molar-refractivity contribution in [3.05, 3.63) is 28.3 Å². The highest BCUT2D eigenvalue weighted by Gasteiger charge is 2.11. The Balaban J connectivity index is 2.87. The number of rotatable bonds is 4. The maximum atomic E-state index is 8.97. The smallest absolute Gasteiger partial charge is 0.173 e. The van der Waals surface area contributed by atoms with Crippen molar-refractivity contribution in [2.24, 2.45) is 0 Å². The average Bonchev–Trinajstić information content (AvgIpc) is 2.30. The molecule has 0 aromatic heterocycles. The van der Waals surface area contributed by atoms with Gasteiger partial charge in [0.05, 0.1) is 17.3 Å². The van der Waals surface area contributed by atoms with Crippen LogP contribution in [0.3, 0.4) is 0 Å². The third kappa shape index (κ3) is 3.83. The van der Waals surface area contributed by atoms with Crippen LogP contribution in [0.25, 0.3) is 0 Å². The number of benzene rings is 1. The second-order valence-corrected chi connectivity index (χ2v) is 4.97. The number of thiocarbonyl (C=S) groups is 1. The van der Waals surface area contributed by atoms with E-state index in [-0.39, 0.29) is 6.61 Å². The normalized spacial score (nSPS) is 10.3. The average molecular weight is 287 g/mol. The van der Waals surface area contributed by atoms with E-state index in [1.165, 1.54) is 0 Å². The second-order valence-electron chi connectivity index (χ2n) is 4.17. The number of hydrogen-bond donors (Lipinski definition) is 2. The number of aryl methyl sites for hydroxylation is 2. The van der Waals surface area contributed by atoms with Gasteiger partial charge in [-0.05, 0) is 50.2 Å². The van der Waals surface area contributed by atoms with Crippen molar-refractivity contribution in [3.8, 4) is 0 Å². The van der Waals surface area contributed by atoms with Crippen LogP contribution >= 0.6 is 23.8 Å². The van der Waals surface area contributed by atoms with E-state index < -0.39 is 0 Å². The number of hydrogen-bond acceptors (Lipinski definition) is 2. The summed E-state index contributed by atoms with van der Waals surface area (Å²) in [6, 6.07) is 3.96. The van der Waals surface area contributed by atoms with Crippen LogP contribution in [0, 0.1) is 13.8 Å². The maximum absolute atomic E-state index is 8.97. The van der Waals surface area contributed by atoms with Crippen molar-refractivity contribution in [3.63, 3.8) is 0 Å². The van der Waals surface area contributed by atoms with Gasteiger partial charge in [0.1, 0.15) is 0 Å². The number of halogens is 1. The Kier molecular flexibility index (Phi) is 5.85. The molecule has 1 rings (SSSR count). The van der Waals surface area contributed by atoms with Crippen molar-refractivity contribution in [2.45, 2.75) is 20.8 Å². The molecule has 0 radical (unpaired) electrons. The number of likely N-dealkylation sites (N-methyl/N-ethyl adjacent to an activating group) is 1. The Labute approximate surface area is 119 Å². The fourth-order valence-corrected chi connectivity index (χ4v) is 2.47. The van der Waals surface area contributed by atoms with Crippen LogP contribution in [0.15, 0.2) is 12.1 Å². The van der Waals surface area contributed by atoms with E-state index in [9.17, 15) is 0 Å². The predicted molar refractivity (Wildman–Crippen MR) is 81.5 cm³/mol. The summed E-state index contributed by atoms with van der Waals surface area (Å²) in [5, 5.41) is 13.4. The molecule has 18 heavy (non-hydrogen) atoms. The van der Waals surface area contributed by atoms with E-state index in [1.807, 2.05) is 31.7 Å². The highest BCUT2D eigenvalue weighted by Crippen LogP contribution is 2.27. The lowest BCUT2D eigenvalue weighted by atomic mass is 10.1. The lowest BCUT2D eigenvalue weighted by Gasteiger charge is -2.24. The van der Waals surface area contributed by atoms with Gasteiger partial charge >= 0.3 is 0 Å². The molecule has 0 unspecified atom stereocenters. The molecule has 0 saturated carbocycles. The topological polar surface area (TPSA) is 35.5 Å². The molecule has 100 valence electrons. The monoisotopic (exact) mass is 286 g/mol. The van der Waals surface area contributed by atoms with Crippen LogP contribution in [0.1, 0.15) is 18.1 Å². The molecule has 0 heterocycles. The van der Waals surface area contributed by atoms with Gasteiger partial charge in [-0.15, -0.1) is 0 Å². The molecule has 2 N–H and O–H groups in total. The molecule has 1 aromatic rings. The van der Waals surface area contributed by atoms with Crippen LogP contribution in [0.5, 0.6) is 0 Å². The van der Waals surface area contributed by atoms with E-state index in [0.717, 1.165) is 23.4 Å². The van der Waals surface area contributed by atoms with Crippen molar-refractivity contribution < 1.29 is 5.11 Å². The molecule has 1 aromatic carbocycles. The summed E-state index contributed by atoms with van der Waals surface area (Å²) in [5.74, 6) is 0. The number of nitrogens with one attached hydrogen (secondary N) is 1. The zero-order valence-electron chi connectivity index (χ0n) is 11.0. The number of aliphatic hydroxyl groups is 1. The van der Waals surface area contributed by atoms with Gasteiger partial charge in [-0.2, -0.15) is 0 Å². The fourth-order valence-electron chi connectivity index (χ4n) is 1.78. The summed E-state index contributed by atoms with van der Waals surface area (Å²) < 4.78 is 0. The minimum Gasteiger partial charge on any atom is -0.395 e. The molecule has 0 atom stereocenters. The van der Waals surface area contributed by atoms with Crippen LogP contribution in [0.2, 0.25) is 5.02 Å². The Morgan fingerprint density at radius 2 is 2.11 bits per heavy atom. The molecule has 0 bridgehead atoms. The summed E-state index contributed by atoms with van der Waals surface area (Å²) in [7, 11) is 0. The van der Waals surface area contributed by atoms with Gasteiger partial charge < -0.3 is 15.3 Å². The minimum absolute atomic E-state index is 0.0796. The molecule has 0 fully saturated rings. The first kappa shape index (κ1) is 15.2. The predicted octanol–water partition coefficient (Wildman–Crippen LogP) is 2.97. The minimum atomic E-state index is 0.0796. The first-order chi connectivity index (χ1) is 8.49. The van der Waals surface area contributed by atoms with Crippen molar-refractivity contribution >= 4 is 34.6 Å². The molecule has 5 heteroatoms. The van der Waals surface area contributed by atoms with Gasteiger partial charge in [0, 0.05) is 13.1 Å². The van der Waals surface area contributed by atoms with E-state index >= 15 is 0 Å². The van der Waals surface area contributed by atoms with Crippen molar-refractivity contribution in [1.29, 1.82) is 0 Å². The molecule has 0 aliphatic heterocycles. The molecular formula is C13H19ClN2OS. The molecule has 0 amide bonds. The largest absolute Gasteiger partial charge is 0.395 e. The zero-order valence-corrected chi connectivity index (χ0v) is 12.5. The Morgan fingerprint density at radius 3 is 2.61 bits per heavy atom. The van der Waals surface area contributed by atoms with Gasteiger partial charge in [0.25, 0.3) is 0 Å². The lowest BCUT2D eigenvalue weighted by Crippen LogP contribution is -2.36. The number of nitrogens with zero attached hydrogens (tertiary/aromatic N) is 1. The van der Waals surface area contributed by atoms with Gasteiger partial charge in [-0.25, -0.2) is 0 Å². The Bertz CT molecular complexity index is 414. The number of anilines is 1. The summed E-state index contributed by atoms with van der Waals surface area (Å²) >= 11 is 11.5. The van der Waals surface area contributed by atoms with Crippen LogP contribution in [0.4, 0.5) is 5.69 Å². The second kappa shape index (κ2) is 6.92. The first-order valence-corrected chi connectivity index (χ1v) is 6.71. The Hall–Kier alpha value is -0.840. The Morgan fingerprint density at radius 1 is 1.44 bits per heavy atom.